The van der Waals surface area contributed by atoms with E-state index in [9.17, 15) is 27.6 Å². The third-order valence-electron chi connectivity index (χ3n) is 10.6. The minimum atomic E-state index is -4.83. The highest BCUT2D eigenvalue weighted by molar-refractivity contribution is 5.92. The number of benzene rings is 2. The first-order valence-electron chi connectivity index (χ1n) is 16.1. The van der Waals surface area contributed by atoms with E-state index in [0.717, 1.165) is 24.2 Å². The average molecular weight is 655 g/mol. The van der Waals surface area contributed by atoms with Gasteiger partial charge in [0.2, 0.25) is 5.91 Å². The molecule has 1 spiro atoms. The maximum atomic E-state index is 13.7. The Kier molecular flexibility index (Phi) is 7.57. The van der Waals surface area contributed by atoms with Gasteiger partial charge in [-0.2, -0.15) is 0 Å². The van der Waals surface area contributed by atoms with Gasteiger partial charge in [-0.25, -0.2) is 0 Å². The molecule has 5 aliphatic rings. The molecule has 250 valence electrons. The van der Waals surface area contributed by atoms with Crippen molar-refractivity contribution in [1.29, 1.82) is 0 Å². The molecule has 0 unspecified atom stereocenters. The monoisotopic (exact) mass is 654 g/mol. The van der Waals surface area contributed by atoms with E-state index in [0.29, 0.717) is 48.7 Å². The highest BCUT2D eigenvalue weighted by Gasteiger charge is 2.75. The molecule has 47 heavy (non-hydrogen) atoms. The first kappa shape index (κ1) is 31.5. The minimum Gasteiger partial charge on any atom is -0.483 e. The fraction of sp³-hybridized carbons (Fsp3) is 0.514. The first-order chi connectivity index (χ1) is 22.3. The van der Waals surface area contributed by atoms with Crippen molar-refractivity contribution in [2.45, 2.75) is 87.9 Å². The zero-order valence-corrected chi connectivity index (χ0v) is 26.5. The van der Waals surface area contributed by atoms with Crippen LogP contribution in [0.25, 0.3) is 6.08 Å². The van der Waals surface area contributed by atoms with Crippen molar-refractivity contribution in [1.82, 2.24) is 9.80 Å². The predicted molar refractivity (Wildman–Crippen MR) is 163 cm³/mol. The molecular weight excluding hydrogens is 617 g/mol. The number of halogens is 3. The summed E-state index contributed by atoms with van der Waals surface area (Å²) in [5.74, 6) is -0.239. The Morgan fingerprint density at radius 1 is 1.09 bits per heavy atom. The summed E-state index contributed by atoms with van der Waals surface area (Å²) in [4.78, 5) is 42.8. The molecule has 2 aromatic rings. The molecule has 0 N–H and O–H groups in total. The third-order valence-corrected chi connectivity index (χ3v) is 10.6. The number of rotatable bonds is 8. The standard InChI is InChI=1S/C35H37F3N2O7/c1-20(41)44-27-11-10-24-18-28-34(46-21(2)42)14-13-26(32-33(34,30(24)31(27)45-32)15-16-40(28)19-23-7-8-23)39(3)29(43)12-9-22-5-4-6-25(17-22)47-35(36,37)38/h4-6,9-12,17,23,26,28,32H,7-8,13-16,18-19H2,1-3H3/t26-,28-,32-,33+,34-/m1/s1. The number of piperidine rings is 1. The highest BCUT2D eigenvalue weighted by atomic mass is 19.4. The van der Waals surface area contributed by atoms with E-state index in [4.69, 9.17) is 14.2 Å². The Morgan fingerprint density at radius 3 is 2.57 bits per heavy atom. The lowest BCUT2D eigenvalue weighted by molar-refractivity contribution is -0.274. The Labute approximate surface area is 270 Å². The van der Waals surface area contributed by atoms with E-state index in [1.54, 1.807) is 24.1 Å². The molecule has 3 aliphatic carbocycles. The first-order valence-corrected chi connectivity index (χ1v) is 16.1. The second-order valence-corrected chi connectivity index (χ2v) is 13.4. The molecule has 0 radical (unpaired) electrons. The summed E-state index contributed by atoms with van der Waals surface area (Å²) in [6.45, 7) is 4.46. The molecule has 9 nitrogen and oxygen atoms in total. The second-order valence-electron chi connectivity index (χ2n) is 13.4. The van der Waals surface area contributed by atoms with Gasteiger partial charge >= 0.3 is 18.3 Å². The molecule has 1 amide bonds. The lowest BCUT2D eigenvalue weighted by Gasteiger charge is -2.65. The molecule has 2 bridgehead atoms. The van der Waals surface area contributed by atoms with Crippen LogP contribution in [0.5, 0.6) is 17.2 Å². The maximum Gasteiger partial charge on any atom is 0.573 e. The van der Waals surface area contributed by atoms with Crippen LogP contribution in [0.2, 0.25) is 0 Å². The van der Waals surface area contributed by atoms with Crippen LogP contribution in [0, 0.1) is 5.92 Å². The zero-order chi connectivity index (χ0) is 33.3. The summed E-state index contributed by atoms with van der Waals surface area (Å²) in [6, 6.07) is 8.59. The summed E-state index contributed by atoms with van der Waals surface area (Å²) >= 11 is 0. The van der Waals surface area contributed by atoms with Gasteiger partial charge in [-0.1, -0.05) is 18.2 Å². The Bertz CT molecular complexity index is 1660. The number of carbonyl (C=O) groups is 3. The SMILES string of the molecule is CC(=O)Oc1ccc2c3c1O[C@@H]1[C@H](N(C)C(=O)C=Cc4cccc(OC(F)(F)F)c4)CC[C@@]4(OC(C)=O)[C@@H](C2)N(CC2CC2)CC[C@]314. The van der Waals surface area contributed by atoms with Crippen LogP contribution in [0.1, 0.15) is 62.6 Å². The highest BCUT2D eigenvalue weighted by Crippen LogP contribution is 2.67. The van der Waals surface area contributed by atoms with Crippen LogP contribution in [-0.4, -0.2) is 77.9 Å². The number of esters is 2. The van der Waals surface area contributed by atoms with Crippen LogP contribution in [-0.2, 0) is 31.0 Å². The van der Waals surface area contributed by atoms with Crippen LogP contribution < -0.4 is 14.2 Å². The van der Waals surface area contributed by atoms with Gasteiger partial charge in [0, 0.05) is 39.1 Å². The third kappa shape index (κ3) is 5.34. The summed E-state index contributed by atoms with van der Waals surface area (Å²) in [6.07, 6.45) is 1.95. The van der Waals surface area contributed by atoms with Crippen molar-refractivity contribution < 1.29 is 46.5 Å². The molecule has 12 heteroatoms. The summed E-state index contributed by atoms with van der Waals surface area (Å²) < 4.78 is 61.2. The molecule has 0 aromatic heterocycles. The summed E-state index contributed by atoms with van der Waals surface area (Å²) in [7, 11) is 1.68. The number of ether oxygens (including phenoxy) is 4. The van der Waals surface area contributed by atoms with Gasteiger partial charge in [-0.05, 0) is 86.4 Å². The van der Waals surface area contributed by atoms with E-state index in [1.807, 2.05) is 6.07 Å². The molecule has 1 saturated heterocycles. The van der Waals surface area contributed by atoms with Crippen molar-refractivity contribution >= 4 is 23.9 Å². The van der Waals surface area contributed by atoms with Crippen molar-refractivity contribution in [3.63, 3.8) is 0 Å². The van der Waals surface area contributed by atoms with Gasteiger partial charge in [-0.3, -0.25) is 19.3 Å². The molecule has 2 aromatic carbocycles. The number of carbonyl (C=O) groups excluding carboxylic acids is 3. The van der Waals surface area contributed by atoms with Crippen molar-refractivity contribution in [3.05, 3.63) is 59.2 Å². The molecule has 2 heterocycles. The molecule has 2 aliphatic heterocycles. The normalized spacial score (nSPS) is 29.1. The van der Waals surface area contributed by atoms with E-state index >= 15 is 0 Å². The lowest BCUT2D eigenvalue weighted by atomic mass is 9.48. The molecule has 2 saturated carbocycles. The fourth-order valence-corrected chi connectivity index (χ4v) is 8.78. The average Bonchev–Trinajstić information content (AvgIpc) is 3.74. The molecule has 7 rings (SSSR count). The molecular formula is C35H37F3N2O7. The van der Waals surface area contributed by atoms with E-state index in [1.165, 1.54) is 57.0 Å². The van der Waals surface area contributed by atoms with E-state index in [2.05, 4.69) is 9.64 Å². The maximum absolute atomic E-state index is 13.7. The fourth-order valence-electron chi connectivity index (χ4n) is 8.78. The number of hydrogen-bond donors (Lipinski definition) is 0. The largest absolute Gasteiger partial charge is 0.573 e. The Balaban J connectivity index is 1.26. The molecule has 5 atom stereocenters. The van der Waals surface area contributed by atoms with Gasteiger partial charge in [-0.15, -0.1) is 13.2 Å². The van der Waals surface area contributed by atoms with Crippen molar-refractivity contribution in [2.75, 3.05) is 20.1 Å². The summed E-state index contributed by atoms with van der Waals surface area (Å²) in [5, 5.41) is 0. The van der Waals surface area contributed by atoms with Gasteiger partial charge < -0.3 is 23.8 Å². The topological polar surface area (TPSA) is 94.6 Å². The van der Waals surface area contributed by atoms with Crippen molar-refractivity contribution in [3.8, 4) is 17.2 Å². The van der Waals surface area contributed by atoms with E-state index < -0.39 is 35.5 Å². The Morgan fingerprint density at radius 2 is 1.87 bits per heavy atom. The van der Waals surface area contributed by atoms with Crippen LogP contribution in [0.3, 0.4) is 0 Å². The zero-order valence-electron chi connectivity index (χ0n) is 26.5. The predicted octanol–water partition coefficient (Wildman–Crippen LogP) is 5.19. The van der Waals surface area contributed by atoms with E-state index in [-0.39, 0.29) is 23.7 Å². The number of likely N-dealkylation sites (N-methyl/N-ethyl adjacent to an activating group) is 1. The Hall–Kier alpha value is -4.06. The van der Waals surface area contributed by atoms with Crippen LogP contribution >= 0.6 is 0 Å². The lowest BCUT2D eigenvalue weighted by Crippen LogP contribution is -2.79. The molecule has 3 fully saturated rings. The number of hydrogen-bond acceptors (Lipinski definition) is 8. The number of nitrogens with zero attached hydrogens (tertiary/aromatic N) is 2. The van der Waals surface area contributed by atoms with Gasteiger partial charge in [0.25, 0.3) is 0 Å². The smallest absolute Gasteiger partial charge is 0.483 e. The van der Waals surface area contributed by atoms with Gasteiger partial charge in [0.05, 0.1) is 17.5 Å². The van der Waals surface area contributed by atoms with Crippen LogP contribution in [0.4, 0.5) is 13.2 Å². The van der Waals surface area contributed by atoms with Gasteiger partial charge in [0.15, 0.2) is 11.5 Å². The number of amides is 1. The summed E-state index contributed by atoms with van der Waals surface area (Å²) in [5.41, 5.74) is 0.601. The van der Waals surface area contributed by atoms with Gasteiger partial charge in [0.1, 0.15) is 17.5 Å². The second kappa shape index (κ2) is 11.3. The minimum absolute atomic E-state index is 0.0853. The number of alkyl halides is 3. The van der Waals surface area contributed by atoms with Crippen molar-refractivity contribution in [2.24, 2.45) is 5.92 Å². The quantitative estimate of drug-likeness (QED) is 0.218. The number of likely N-dealkylation sites (tertiary alicyclic amines) is 1. The van der Waals surface area contributed by atoms with Crippen LogP contribution in [0.15, 0.2) is 42.5 Å².